The van der Waals surface area contributed by atoms with Gasteiger partial charge in [0.2, 0.25) is 10.0 Å². The van der Waals surface area contributed by atoms with Crippen LogP contribution >= 0.6 is 0 Å². The molecule has 2 aliphatic rings. The van der Waals surface area contributed by atoms with E-state index in [0.29, 0.717) is 17.5 Å². The summed E-state index contributed by atoms with van der Waals surface area (Å²) in [6.07, 6.45) is 5.51. The fourth-order valence-corrected chi connectivity index (χ4v) is 4.18. The van der Waals surface area contributed by atoms with E-state index in [4.69, 9.17) is 0 Å². The number of nitrogens with one attached hydrogen (secondary N) is 1. The molecule has 1 aromatic rings. The van der Waals surface area contributed by atoms with Gasteiger partial charge in [-0.1, -0.05) is 24.6 Å². The van der Waals surface area contributed by atoms with E-state index in [1.54, 1.807) is 17.4 Å². The second-order valence-corrected chi connectivity index (χ2v) is 7.83. The first-order valence-electron chi connectivity index (χ1n) is 7.38. The molecule has 0 heterocycles. The van der Waals surface area contributed by atoms with Crippen molar-refractivity contribution in [2.45, 2.75) is 55.6 Å². The standard InChI is InChI=1S/C15H22N2O2S/c1-17(14-6-4-7-14)20(18,19)15-8-3-2-5-12(15)11-16-13-9-10-13/h2-3,5,8,13-14,16H,4,6-7,9-11H2,1H3. The van der Waals surface area contributed by atoms with Crippen molar-refractivity contribution >= 4 is 10.0 Å². The summed E-state index contributed by atoms with van der Waals surface area (Å²) in [6.45, 7) is 0.637. The molecule has 0 atom stereocenters. The van der Waals surface area contributed by atoms with Crippen molar-refractivity contribution < 1.29 is 8.42 Å². The summed E-state index contributed by atoms with van der Waals surface area (Å²) in [7, 11) is -1.65. The van der Waals surface area contributed by atoms with Crippen LogP contribution in [-0.4, -0.2) is 31.9 Å². The lowest BCUT2D eigenvalue weighted by Crippen LogP contribution is -2.41. The molecule has 3 rings (SSSR count). The lowest BCUT2D eigenvalue weighted by atomic mass is 9.94. The Kier molecular flexibility index (Phi) is 3.84. The van der Waals surface area contributed by atoms with Gasteiger partial charge < -0.3 is 5.32 Å². The van der Waals surface area contributed by atoms with Gasteiger partial charge in [0.15, 0.2) is 0 Å². The monoisotopic (exact) mass is 294 g/mol. The van der Waals surface area contributed by atoms with E-state index in [-0.39, 0.29) is 6.04 Å². The van der Waals surface area contributed by atoms with E-state index in [9.17, 15) is 8.42 Å². The molecule has 5 heteroatoms. The van der Waals surface area contributed by atoms with Gasteiger partial charge in [0.25, 0.3) is 0 Å². The molecule has 4 nitrogen and oxygen atoms in total. The van der Waals surface area contributed by atoms with Crippen LogP contribution in [0.3, 0.4) is 0 Å². The van der Waals surface area contributed by atoms with Crippen molar-refractivity contribution in [2.24, 2.45) is 0 Å². The summed E-state index contributed by atoms with van der Waals surface area (Å²) in [4.78, 5) is 0.461. The van der Waals surface area contributed by atoms with Crippen molar-refractivity contribution in [3.05, 3.63) is 29.8 Å². The van der Waals surface area contributed by atoms with E-state index in [1.165, 1.54) is 12.8 Å². The lowest BCUT2D eigenvalue weighted by Gasteiger charge is -2.34. The number of nitrogens with zero attached hydrogens (tertiary/aromatic N) is 1. The van der Waals surface area contributed by atoms with Crippen LogP contribution in [0, 0.1) is 0 Å². The molecule has 0 spiro atoms. The molecule has 1 aromatic carbocycles. The zero-order valence-electron chi connectivity index (χ0n) is 11.9. The molecule has 0 bridgehead atoms. The van der Waals surface area contributed by atoms with Crippen LogP contribution in [0.15, 0.2) is 29.2 Å². The molecule has 1 N–H and O–H groups in total. The zero-order chi connectivity index (χ0) is 14.2. The van der Waals surface area contributed by atoms with Crippen LogP contribution in [0.4, 0.5) is 0 Å². The molecule has 110 valence electrons. The van der Waals surface area contributed by atoms with Crippen LogP contribution in [-0.2, 0) is 16.6 Å². The number of sulfonamides is 1. The largest absolute Gasteiger partial charge is 0.310 e. The predicted octanol–water partition coefficient (Wildman–Crippen LogP) is 2.11. The minimum Gasteiger partial charge on any atom is -0.310 e. The average molecular weight is 294 g/mol. The van der Waals surface area contributed by atoms with Gasteiger partial charge in [-0.2, -0.15) is 4.31 Å². The van der Waals surface area contributed by atoms with Crippen LogP contribution in [0.2, 0.25) is 0 Å². The Balaban J connectivity index is 1.83. The van der Waals surface area contributed by atoms with Gasteiger partial charge in [-0.15, -0.1) is 0 Å². The van der Waals surface area contributed by atoms with Gasteiger partial charge in [-0.3, -0.25) is 0 Å². The van der Waals surface area contributed by atoms with Gasteiger partial charge in [-0.05, 0) is 37.3 Å². The van der Waals surface area contributed by atoms with E-state index < -0.39 is 10.0 Å². The molecule has 2 saturated carbocycles. The first-order chi connectivity index (χ1) is 9.59. The minimum atomic E-state index is -3.36. The van der Waals surface area contributed by atoms with E-state index in [2.05, 4.69) is 5.32 Å². The normalized spacial score (nSPS) is 20.1. The number of hydrogen-bond acceptors (Lipinski definition) is 3. The second-order valence-electron chi connectivity index (χ2n) is 5.87. The Bertz CT molecular complexity index is 577. The van der Waals surface area contributed by atoms with Gasteiger partial charge in [0.05, 0.1) is 4.90 Å². The Hall–Kier alpha value is -0.910. The molecule has 0 aliphatic heterocycles. The maximum absolute atomic E-state index is 12.7. The highest BCUT2D eigenvalue weighted by Gasteiger charge is 2.33. The van der Waals surface area contributed by atoms with Gasteiger partial charge in [0.1, 0.15) is 0 Å². The van der Waals surface area contributed by atoms with Crippen molar-refractivity contribution in [3.8, 4) is 0 Å². The minimum absolute atomic E-state index is 0.185. The summed E-state index contributed by atoms with van der Waals surface area (Å²) < 4.78 is 27.1. The highest BCUT2D eigenvalue weighted by Crippen LogP contribution is 2.30. The summed E-state index contributed by atoms with van der Waals surface area (Å²) in [5, 5.41) is 3.40. The summed E-state index contributed by atoms with van der Waals surface area (Å²) in [6, 6.07) is 8.12. The quantitative estimate of drug-likeness (QED) is 0.874. The fourth-order valence-electron chi connectivity index (χ4n) is 2.54. The Labute approximate surface area is 121 Å². The van der Waals surface area contributed by atoms with Gasteiger partial charge in [-0.25, -0.2) is 8.42 Å². The molecular weight excluding hydrogens is 272 g/mol. The third kappa shape index (κ3) is 2.75. The number of rotatable bonds is 6. The van der Waals surface area contributed by atoms with Crippen molar-refractivity contribution in [1.29, 1.82) is 0 Å². The van der Waals surface area contributed by atoms with Gasteiger partial charge >= 0.3 is 0 Å². The van der Waals surface area contributed by atoms with Crippen LogP contribution in [0.1, 0.15) is 37.7 Å². The Morgan fingerprint density at radius 3 is 2.50 bits per heavy atom. The van der Waals surface area contributed by atoms with Crippen molar-refractivity contribution in [2.75, 3.05) is 7.05 Å². The van der Waals surface area contributed by atoms with E-state index in [0.717, 1.165) is 24.8 Å². The van der Waals surface area contributed by atoms with Crippen LogP contribution in [0.25, 0.3) is 0 Å². The third-order valence-corrected chi connectivity index (χ3v) is 6.39. The predicted molar refractivity (Wildman–Crippen MR) is 78.9 cm³/mol. The Morgan fingerprint density at radius 1 is 1.20 bits per heavy atom. The fraction of sp³-hybridized carbons (Fsp3) is 0.600. The number of benzene rings is 1. The van der Waals surface area contributed by atoms with Gasteiger partial charge in [0, 0.05) is 25.7 Å². The smallest absolute Gasteiger partial charge is 0.243 e. The summed E-state index contributed by atoms with van der Waals surface area (Å²) in [5.74, 6) is 0. The highest BCUT2D eigenvalue weighted by molar-refractivity contribution is 7.89. The maximum Gasteiger partial charge on any atom is 0.243 e. The molecule has 2 fully saturated rings. The van der Waals surface area contributed by atoms with Crippen LogP contribution < -0.4 is 5.32 Å². The molecule has 0 unspecified atom stereocenters. The topological polar surface area (TPSA) is 49.4 Å². The molecule has 0 radical (unpaired) electrons. The Morgan fingerprint density at radius 2 is 1.90 bits per heavy atom. The summed E-state index contributed by atoms with van der Waals surface area (Å²) >= 11 is 0. The molecule has 0 aromatic heterocycles. The zero-order valence-corrected chi connectivity index (χ0v) is 12.7. The van der Waals surface area contributed by atoms with Crippen molar-refractivity contribution in [1.82, 2.24) is 9.62 Å². The highest BCUT2D eigenvalue weighted by atomic mass is 32.2. The maximum atomic E-state index is 12.7. The second kappa shape index (κ2) is 5.47. The average Bonchev–Trinajstić information content (AvgIpc) is 3.18. The SMILES string of the molecule is CN(C1CCC1)S(=O)(=O)c1ccccc1CNC1CC1. The molecule has 0 amide bonds. The first kappa shape index (κ1) is 14.0. The molecule has 2 aliphatic carbocycles. The van der Waals surface area contributed by atoms with E-state index in [1.807, 2.05) is 18.2 Å². The molecule has 20 heavy (non-hydrogen) atoms. The third-order valence-electron chi connectivity index (χ3n) is 4.38. The van der Waals surface area contributed by atoms with Crippen molar-refractivity contribution in [3.63, 3.8) is 0 Å². The summed E-state index contributed by atoms with van der Waals surface area (Å²) in [5.41, 5.74) is 0.880. The molecule has 0 saturated heterocycles. The number of hydrogen-bond donors (Lipinski definition) is 1. The molecular formula is C15H22N2O2S. The van der Waals surface area contributed by atoms with E-state index >= 15 is 0 Å². The lowest BCUT2D eigenvalue weighted by molar-refractivity contribution is 0.249. The first-order valence-corrected chi connectivity index (χ1v) is 8.82. The van der Waals surface area contributed by atoms with Crippen LogP contribution in [0.5, 0.6) is 0 Å².